The van der Waals surface area contributed by atoms with Crippen LogP contribution in [0, 0.1) is 0 Å². The first-order valence-electron chi connectivity index (χ1n) is 8.03. The van der Waals surface area contributed by atoms with E-state index in [-0.39, 0.29) is 5.91 Å². The van der Waals surface area contributed by atoms with Gasteiger partial charge in [-0.05, 0) is 42.9 Å². The topological polar surface area (TPSA) is 32.3 Å². The molecule has 1 aliphatic heterocycles. The molecular formula is C19H22N2OS. The lowest BCUT2D eigenvalue weighted by molar-refractivity contribution is 0.0950. The average molecular weight is 326 g/mol. The van der Waals surface area contributed by atoms with Gasteiger partial charge in [0.25, 0.3) is 5.91 Å². The molecule has 1 aliphatic rings. The van der Waals surface area contributed by atoms with Crippen LogP contribution in [-0.4, -0.2) is 31.8 Å². The van der Waals surface area contributed by atoms with E-state index in [4.69, 9.17) is 0 Å². The molecule has 0 aromatic heterocycles. The van der Waals surface area contributed by atoms with Gasteiger partial charge in [0.1, 0.15) is 0 Å². The first kappa shape index (κ1) is 15.9. The Labute approximate surface area is 142 Å². The number of para-hydroxylation sites is 1. The zero-order valence-corrected chi connectivity index (χ0v) is 14.2. The summed E-state index contributed by atoms with van der Waals surface area (Å²) in [6.45, 7) is 2.78. The van der Waals surface area contributed by atoms with Crippen LogP contribution in [0.1, 0.15) is 22.3 Å². The van der Waals surface area contributed by atoms with E-state index in [1.807, 2.05) is 30.5 Å². The number of carbonyl (C=O) groups is 1. The van der Waals surface area contributed by atoms with E-state index in [2.05, 4.69) is 34.5 Å². The standard InChI is InChI=1S/C19H22N2OS/c1-23-18-10-5-3-8-16(18)19(22)20-12-6-13-21-14-11-15-7-2-4-9-17(15)21/h2-5,7-10H,6,11-14H2,1H3,(H,20,22). The molecule has 3 nitrogen and oxygen atoms in total. The van der Waals surface area contributed by atoms with Crippen molar-refractivity contribution in [3.05, 3.63) is 59.7 Å². The molecule has 0 atom stereocenters. The molecular weight excluding hydrogens is 304 g/mol. The van der Waals surface area contributed by atoms with Crippen molar-refractivity contribution in [3.8, 4) is 0 Å². The van der Waals surface area contributed by atoms with Crippen LogP contribution in [0.4, 0.5) is 5.69 Å². The van der Waals surface area contributed by atoms with Crippen LogP contribution in [0.3, 0.4) is 0 Å². The second-order valence-electron chi connectivity index (χ2n) is 5.68. The fourth-order valence-electron chi connectivity index (χ4n) is 3.04. The van der Waals surface area contributed by atoms with E-state index < -0.39 is 0 Å². The number of fused-ring (bicyclic) bond motifs is 1. The van der Waals surface area contributed by atoms with Gasteiger partial charge in [-0.2, -0.15) is 0 Å². The van der Waals surface area contributed by atoms with Crippen molar-refractivity contribution in [2.75, 3.05) is 30.8 Å². The number of thioether (sulfide) groups is 1. The molecule has 1 heterocycles. The Bertz CT molecular complexity index is 687. The van der Waals surface area contributed by atoms with E-state index in [1.54, 1.807) is 11.8 Å². The third-order valence-electron chi connectivity index (χ3n) is 4.23. The number of hydrogen-bond acceptors (Lipinski definition) is 3. The Morgan fingerprint density at radius 3 is 2.83 bits per heavy atom. The molecule has 0 radical (unpaired) electrons. The van der Waals surface area contributed by atoms with Crippen LogP contribution in [0.5, 0.6) is 0 Å². The third kappa shape index (κ3) is 3.70. The summed E-state index contributed by atoms with van der Waals surface area (Å²) in [7, 11) is 0. The molecule has 0 fully saturated rings. The predicted octanol–water partition coefficient (Wildman–Crippen LogP) is 3.59. The Kier molecular flexibility index (Phi) is 5.23. The van der Waals surface area contributed by atoms with Gasteiger partial charge in [-0.1, -0.05) is 30.3 Å². The molecule has 2 aromatic carbocycles. The van der Waals surface area contributed by atoms with Crippen molar-refractivity contribution in [3.63, 3.8) is 0 Å². The molecule has 23 heavy (non-hydrogen) atoms. The van der Waals surface area contributed by atoms with Crippen molar-refractivity contribution in [2.24, 2.45) is 0 Å². The summed E-state index contributed by atoms with van der Waals surface area (Å²) in [4.78, 5) is 15.7. The highest BCUT2D eigenvalue weighted by atomic mass is 32.2. The summed E-state index contributed by atoms with van der Waals surface area (Å²) in [5.74, 6) is 0.0248. The van der Waals surface area contributed by atoms with Crippen LogP contribution in [0.25, 0.3) is 0 Å². The second-order valence-corrected chi connectivity index (χ2v) is 6.52. The molecule has 1 N–H and O–H groups in total. The van der Waals surface area contributed by atoms with Crippen molar-refractivity contribution < 1.29 is 4.79 Å². The number of nitrogens with zero attached hydrogens (tertiary/aromatic N) is 1. The summed E-state index contributed by atoms with van der Waals surface area (Å²) in [5.41, 5.74) is 3.56. The summed E-state index contributed by atoms with van der Waals surface area (Å²) < 4.78 is 0. The van der Waals surface area contributed by atoms with Crippen LogP contribution >= 0.6 is 11.8 Å². The van der Waals surface area contributed by atoms with Crippen molar-refractivity contribution in [2.45, 2.75) is 17.7 Å². The number of hydrogen-bond donors (Lipinski definition) is 1. The number of amides is 1. The number of carbonyl (C=O) groups excluding carboxylic acids is 1. The van der Waals surface area contributed by atoms with Gasteiger partial charge in [0.05, 0.1) is 5.56 Å². The highest BCUT2D eigenvalue weighted by Gasteiger charge is 2.17. The van der Waals surface area contributed by atoms with E-state index in [0.717, 1.165) is 36.4 Å². The predicted molar refractivity (Wildman–Crippen MR) is 97.5 cm³/mol. The number of benzene rings is 2. The molecule has 0 bridgehead atoms. The Morgan fingerprint density at radius 2 is 1.96 bits per heavy atom. The fourth-order valence-corrected chi connectivity index (χ4v) is 3.63. The van der Waals surface area contributed by atoms with Crippen LogP contribution < -0.4 is 10.2 Å². The quantitative estimate of drug-likeness (QED) is 0.650. The highest BCUT2D eigenvalue weighted by Crippen LogP contribution is 2.27. The molecule has 0 saturated heterocycles. The van der Waals surface area contributed by atoms with E-state index in [1.165, 1.54) is 11.3 Å². The molecule has 0 unspecified atom stereocenters. The molecule has 2 aromatic rings. The summed E-state index contributed by atoms with van der Waals surface area (Å²) in [6, 6.07) is 16.3. The monoisotopic (exact) mass is 326 g/mol. The first-order valence-corrected chi connectivity index (χ1v) is 9.26. The molecule has 3 rings (SSSR count). The maximum atomic E-state index is 12.3. The lowest BCUT2D eigenvalue weighted by Gasteiger charge is -2.19. The van der Waals surface area contributed by atoms with Gasteiger partial charge < -0.3 is 10.2 Å². The zero-order valence-electron chi connectivity index (χ0n) is 13.4. The van der Waals surface area contributed by atoms with E-state index in [0.29, 0.717) is 6.54 Å². The van der Waals surface area contributed by atoms with Gasteiger partial charge in [0.2, 0.25) is 0 Å². The van der Waals surface area contributed by atoms with Crippen molar-refractivity contribution in [1.29, 1.82) is 0 Å². The highest BCUT2D eigenvalue weighted by molar-refractivity contribution is 7.98. The first-order chi connectivity index (χ1) is 11.3. The van der Waals surface area contributed by atoms with Crippen molar-refractivity contribution >= 4 is 23.4 Å². The fraction of sp³-hybridized carbons (Fsp3) is 0.316. The maximum absolute atomic E-state index is 12.3. The van der Waals surface area contributed by atoms with Gasteiger partial charge in [-0.25, -0.2) is 0 Å². The minimum atomic E-state index is 0.0248. The number of anilines is 1. The third-order valence-corrected chi connectivity index (χ3v) is 5.02. The minimum Gasteiger partial charge on any atom is -0.371 e. The van der Waals surface area contributed by atoms with E-state index >= 15 is 0 Å². The van der Waals surface area contributed by atoms with Gasteiger partial charge in [-0.15, -0.1) is 11.8 Å². The molecule has 1 amide bonds. The van der Waals surface area contributed by atoms with Crippen LogP contribution in [0.2, 0.25) is 0 Å². The average Bonchev–Trinajstić information content (AvgIpc) is 3.01. The van der Waals surface area contributed by atoms with Gasteiger partial charge in [0.15, 0.2) is 0 Å². The lowest BCUT2D eigenvalue weighted by Crippen LogP contribution is -2.29. The summed E-state index contributed by atoms with van der Waals surface area (Å²) in [5, 5.41) is 3.04. The van der Waals surface area contributed by atoms with Crippen LogP contribution in [0.15, 0.2) is 53.4 Å². The largest absolute Gasteiger partial charge is 0.371 e. The Balaban J connectivity index is 1.48. The van der Waals surface area contributed by atoms with E-state index in [9.17, 15) is 4.79 Å². The number of nitrogens with one attached hydrogen (secondary N) is 1. The van der Waals surface area contributed by atoms with Gasteiger partial charge in [0, 0.05) is 30.2 Å². The lowest BCUT2D eigenvalue weighted by atomic mass is 10.2. The Hall–Kier alpha value is -1.94. The second kappa shape index (κ2) is 7.55. The normalized spacial score (nSPS) is 13.0. The summed E-state index contributed by atoms with van der Waals surface area (Å²) in [6.07, 6.45) is 4.09. The molecule has 0 saturated carbocycles. The molecule has 4 heteroatoms. The maximum Gasteiger partial charge on any atom is 0.252 e. The van der Waals surface area contributed by atoms with Crippen molar-refractivity contribution in [1.82, 2.24) is 5.32 Å². The van der Waals surface area contributed by atoms with Crippen LogP contribution in [-0.2, 0) is 6.42 Å². The zero-order chi connectivity index (χ0) is 16.1. The number of rotatable bonds is 6. The van der Waals surface area contributed by atoms with Gasteiger partial charge >= 0.3 is 0 Å². The minimum absolute atomic E-state index is 0.0248. The summed E-state index contributed by atoms with van der Waals surface area (Å²) >= 11 is 1.61. The molecule has 0 aliphatic carbocycles. The van der Waals surface area contributed by atoms with Gasteiger partial charge in [-0.3, -0.25) is 4.79 Å². The SMILES string of the molecule is CSc1ccccc1C(=O)NCCCN1CCc2ccccc21. The molecule has 0 spiro atoms. The Morgan fingerprint density at radius 1 is 1.17 bits per heavy atom. The smallest absolute Gasteiger partial charge is 0.252 e. The molecule has 120 valence electrons.